The Morgan fingerprint density at radius 3 is 2.56 bits per heavy atom. The van der Waals surface area contributed by atoms with Crippen molar-refractivity contribution in [1.29, 1.82) is 0 Å². The predicted molar refractivity (Wildman–Crippen MR) is 103 cm³/mol. The number of amides is 2. The van der Waals surface area contributed by atoms with Crippen LogP contribution in [0.25, 0.3) is 0 Å². The zero-order valence-electron chi connectivity index (χ0n) is 15.8. The number of rotatable bonds is 4. The molecule has 0 aromatic heterocycles. The molecule has 1 heterocycles. The molecule has 0 bridgehead atoms. The standard InChI is InChI=1S/C22H25FN2O2/c1-15-10-16(2)12-19(11-15)22(27)25-9-5-7-18(14-25)21(26)24-13-17-6-3-4-8-20(17)23/h3-4,6,8,10-12,18H,5,7,9,13-14H2,1-2H3,(H,24,26)/t18-/m0/s1. The zero-order chi connectivity index (χ0) is 19.4. The highest BCUT2D eigenvalue weighted by molar-refractivity contribution is 5.95. The lowest BCUT2D eigenvalue weighted by atomic mass is 9.96. The highest BCUT2D eigenvalue weighted by atomic mass is 19.1. The van der Waals surface area contributed by atoms with Gasteiger partial charge in [0.25, 0.3) is 5.91 Å². The summed E-state index contributed by atoms with van der Waals surface area (Å²) < 4.78 is 13.7. The van der Waals surface area contributed by atoms with E-state index in [1.807, 2.05) is 32.0 Å². The summed E-state index contributed by atoms with van der Waals surface area (Å²) in [6, 6.07) is 12.2. The Kier molecular flexibility index (Phi) is 5.89. The van der Waals surface area contributed by atoms with Gasteiger partial charge in [0.2, 0.25) is 5.91 Å². The first kappa shape index (κ1) is 19.1. The fourth-order valence-electron chi connectivity index (χ4n) is 3.62. The fraction of sp³-hybridized carbons (Fsp3) is 0.364. The number of carbonyl (C=O) groups is 2. The van der Waals surface area contributed by atoms with Crippen LogP contribution in [0.5, 0.6) is 0 Å². The Morgan fingerprint density at radius 1 is 1.15 bits per heavy atom. The molecular weight excluding hydrogens is 343 g/mol. The number of likely N-dealkylation sites (tertiary alicyclic amines) is 1. The van der Waals surface area contributed by atoms with Crippen molar-refractivity contribution in [1.82, 2.24) is 10.2 Å². The third-order valence-electron chi connectivity index (χ3n) is 4.96. The molecule has 3 rings (SSSR count). The highest BCUT2D eigenvalue weighted by Crippen LogP contribution is 2.20. The smallest absolute Gasteiger partial charge is 0.253 e. The van der Waals surface area contributed by atoms with Crippen molar-refractivity contribution in [3.05, 3.63) is 70.5 Å². The van der Waals surface area contributed by atoms with Gasteiger partial charge in [0.1, 0.15) is 5.82 Å². The Morgan fingerprint density at radius 2 is 1.85 bits per heavy atom. The van der Waals surface area contributed by atoms with Gasteiger partial charge in [-0.1, -0.05) is 35.4 Å². The van der Waals surface area contributed by atoms with Gasteiger partial charge in [0, 0.05) is 30.8 Å². The fourth-order valence-corrected chi connectivity index (χ4v) is 3.62. The number of carbonyl (C=O) groups excluding carboxylic acids is 2. The molecule has 1 aliphatic rings. The zero-order valence-corrected chi connectivity index (χ0v) is 15.8. The minimum atomic E-state index is -0.326. The van der Waals surface area contributed by atoms with E-state index < -0.39 is 0 Å². The Labute approximate surface area is 159 Å². The van der Waals surface area contributed by atoms with Crippen LogP contribution in [-0.2, 0) is 11.3 Å². The first-order valence-corrected chi connectivity index (χ1v) is 9.32. The molecule has 0 radical (unpaired) electrons. The van der Waals surface area contributed by atoms with Crippen LogP contribution in [0.3, 0.4) is 0 Å². The van der Waals surface area contributed by atoms with Crippen LogP contribution in [0.2, 0.25) is 0 Å². The van der Waals surface area contributed by atoms with Crippen LogP contribution < -0.4 is 5.32 Å². The van der Waals surface area contributed by atoms with Gasteiger partial charge < -0.3 is 10.2 Å². The van der Waals surface area contributed by atoms with Crippen LogP contribution in [-0.4, -0.2) is 29.8 Å². The lowest BCUT2D eigenvalue weighted by Gasteiger charge is -2.32. The Balaban J connectivity index is 1.62. The van der Waals surface area contributed by atoms with Gasteiger partial charge in [-0.15, -0.1) is 0 Å². The lowest BCUT2D eigenvalue weighted by Crippen LogP contribution is -2.45. The van der Waals surface area contributed by atoms with E-state index >= 15 is 0 Å². The highest BCUT2D eigenvalue weighted by Gasteiger charge is 2.29. The first-order chi connectivity index (χ1) is 12.9. The molecule has 2 aromatic rings. The second kappa shape index (κ2) is 8.33. The minimum Gasteiger partial charge on any atom is -0.352 e. The maximum Gasteiger partial charge on any atom is 0.253 e. The topological polar surface area (TPSA) is 49.4 Å². The summed E-state index contributed by atoms with van der Waals surface area (Å²) in [7, 11) is 0. The lowest BCUT2D eigenvalue weighted by molar-refractivity contribution is -0.126. The number of hydrogen-bond donors (Lipinski definition) is 1. The van der Waals surface area contributed by atoms with E-state index in [1.165, 1.54) is 6.07 Å². The van der Waals surface area contributed by atoms with E-state index in [2.05, 4.69) is 5.32 Å². The minimum absolute atomic E-state index is 0.0339. The van der Waals surface area contributed by atoms with Crippen LogP contribution in [0.4, 0.5) is 4.39 Å². The van der Waals surface area contributed by atoms with Crippen molar-refractivity contribution < 1.29 is 14.0 Å². The quantitative estimate of drug-likeness (QED) is 0.896. The maximum atomic E-state index is 13.7. The van der Waals surface area contributed by atoms with Crippen LogP contribution in [0.15, 0.2) is 42.5 Å². The molecule has 2 aromatic carbocycles. The number of halogens is 1. The van der Waals surface area contributed by atoms with Crippen molar-refractivity contribution in [3.63, 3.8) is 0 Å². The summed E-state index contributed by atoms with van der Waals surface area (Å²) in [4.78, 5) is 27.1. The molecule has 0 spiro atoms. The molecule has 1 atom stereocenters. The molecule has 4 nitrogen and oxygen atoms in total. The van der Waals surface area contributed by atoms with E-state index in [0.29, 0.717) is 24.2 Å². The average molecular weight is 368 g/mol. The van der Waals surface area contributed by atoms with Gasteiger partial charge >= 0.3 is 0 Å². The van der Waals surface area contributed by atoms with Crippen LogP contribution in [0, 0.1) is 25.6 Å². The molecule has 2 amide bonds. The summed E-state index contributed by atoms with van der Waals surface area (Å²) >= 11 is 0. The molecule has 0 aliphatic carbocycles. The summed E-state index contributed by atoms with van der Waals surface area (Å²) in [5, 5.41) is 2.81. The summed E-state index contributed by atoms with van der Waals surface area (Å²) in [5.41, 5.74) is 3.23. The molecule has 0 unspecified atom stereocenters. The van der Waals surface area contributed by atoms with E-state index in [4.69, 9.17) is 0 Å². The van der Waals surface area contributed by atoms with Crippen LogP contribution >= 0.6 is 0 Å². The van der Waals surface area contributed by atoms with Gasteiger partial charge in [0.15, 0.2) is 0 Å². The second-order valence-electron chi connectivity index (χ2n) is 7.28. The number of nitrogens with one attached hydrogen (secondary N) is 1. The molecule has 1 aliphatic heterocycles. The number of benzene rings is 2. The maximum absolute atomic E-state index is 13.7. The average Bonchev–Trinajstić information content (AvgIpc) is 2.66. The third kappa shape index (κ3) is 4.73. The molecule has 0 saturated carbocycles. The molecule has 1 fully saturated rings. The molecule has 27 heavy (non-hydrogen) atoms. The molecular formula is C22H25FN2O2. The predicted octanol–water partition coefficient (Wildman–Crippen LogP) is 3.61. The van der Waals surface area contributed by atoms with Gasteiger partial charge in [-0.3, -0.25) is 9.59 Å². The van der Waals surface area contributed by atoms with E-state index in [0.717, 1.165) is 24.0 Å². The monoisotopic (exact) mass is 368 g/mol. The molecule has 142 valence electrons. The molecule has 5 heteroatoms. The van der Waals surface area contributed by atoms with Gasteiger partial charge in [-0.25, -0.2) is 4.39 Å². The van der Waals surface area contributed by atoms with Crippen molar-refractivity contribution in [2.24, 2.45) is 5.92 Å². The molecule has 1 saturated heterocycles. The molecule has 1 N–H and O–H groups in total. The third-order valence-corrected chi connectivity index (χ3v) is 4.96. The normalized spacial score (nSPS) is 16.9. The van der Waals surface area contributed by atoms with Gasteiger partial charge in [-0.05, 0) is 44.9 Å². The number of nitrogens with zero attached hydrogens (tertiary/aromatic N) is 1. The first-order valence-electron chi connectivity index (χ1n) is 9.32. The number of hydrogen-bond acceptors (Lipinski definition) is 2. The summed E-state index contributed by atoms with van der Waals surface area (Å²) in [5.74, 6) is -0.752. The summed E-state index contributed by atoms with van der Waals surface area (Å²) in [6.07, 6.45) is 1.52. The van der Waals surface area contributed by atoms with Crippen molar-refractivity contribution in [3.8, 4) is 0 Å². The SMILES string of the molecule is Cc1cc(C)cc(C(=O)N2CCC[C@H](C(=O)NCc3ccccc3F)C2)c1. The number of aryl methyl sites for hydroxylation is 2. The van der Waals surface area contributed by atoms with Crippen molar-refractivity contribution >= 4 is 11.8 Å². The summed E-state index contributed by atoms with van der Waals surface area (Å²) in [6.45, 7) is 5.16. The van der Waals surface area contributed by atoms with Gasteiger partial charge in [0.05, 0.1) is 5.92 Å². The van der Waals surface area contributed by atoms with Crippen LogP contribution in [0.1, 0.15) is 39.9 Å². The van der Waals surface area contributed by atoms with Crippen molar-refractivity contribution in [2.45, 2.75) is 33.2 Å². The van der Waals surface area contributed by atoms with E-state index in [-0.39, 0.29) is 30.1 Å². The second-order valence-corrected chi connectivity index (χ2v) is 7.28. The largest absolute Gasteiger partial charge is 0.352 e. The Hall–Kier alpha value is -2.69. The Bertz CT molecular complexity index is 830. The van der Waals surface area contributed by atoms with Crippen molar-refractivity contribution in [2.75, 3.05) is 13.1 Å². The number of piperidine rings is 1. The van der Waals surface area contributed by atoms with E-state index in [9.17, 15) is 14.0 Å². The van der Waals surface area contributed by atoms with Gasteiger partial charge in [-0.2, -0.15) is 0 Å². The van der Waals surface area contributed by atoms with E-state index in [1.54, 1.807) is 23.1 Å².